The molecule has 0 aromatic heterocycles. The monoisotopic (exact) mass is 172 g/mol. The molecule has 1 aliphatic carbocycles. The van der Waals surface area contributed by atoms with Crippen molar-refractivity contribution in [3.63, 3.8) is 0 Å². The quantitative estimate of drug-likeness (QED) is 0.650. The molecule has 0 amide bonds. The first kappa shape index (κ1) is 9.11. The van der Waals surface area contributed by atoms with Gasteiger partial charge in [-0.3, -0.25) is 4.79 Å². The van der Waals surface area contributed by atoms with Crippen molar-refractivity contribution < 1.29 is 4.79 Å². The molecule has 0 radical (unpaired) electrons. The minimum atomic E-state index is 0.0447. The van der Waals surface area contributed by atoms with E-state index in [4.69, 9.17) is 0 Å². The summed E-state index contributed by atoms with van der Waals surface area (Å²) in [6.45, 7) is 2.12. The van der Waals surface area contributed by atoms with Crippen LogP contribution in [0.5, 0.6) is 0 Å². The summed E-state index contributed by atoms with van der Waals surface area (Å²) in [5, 5.41) is 0. The Morgan fingerprint density at radius 1 is 1.45 bits per heavy atom. The third-order valence-corrected chi connectivity index (χ3v) is 3.21. The number of thioether (sulfide) groups is 1. The highest BCUT2D eigenvalue weighted by molar-refractivity contribution is 7.99. The van der Waals surface area contributed by atoms with E-state index >= 15 is 0 Å². The second-order valence-electron chi connectivity index (χ2n) is 3.62. The van der Waals surface area contributed by atoms with Gasteiger partial charge in [0.05, 0.1) is 5.75 Å². The average molecular weight is 172 g/mol. The first-order chi connectivity index (χ1) is 5.19. The topological polar surface area (TPSA) is 17.1 Å². The SMILES string of the molecule is CSCC(=O)C1(C)CCCC1. The molecule has 0 unspecified atom stereocenters. The summed E-state index contributed by atoms with van der Waals surface area (Å²) in [6, 6.07) is 0. The molecule has 0 atom stereocenters. The molecule has 2 heteroatoms. The molecular formula is C9H16OS. The van der Waals surface area contributed by atoms with Crippen LogP contribution in [0, 0.1) is 5.41 Å². The molecule has 0 heterocycles. The molecule has 0 aliphatic heterocycles. The maximum atomic E-state index is 11.5. The molecule has 0 bridgehead atoms. The summed E-state index contributed by atoms with van der Waals surface area (Å²) in [6.07, 6.45) is 6.72. The molecule has 0 saturated heterocycles. The Morgan fingerprint density at radius 3 is 2.45 bits per heavy atom. The van der Waals surface area contributed by atoms with E-state index in [-0.39, 0.29) is 5.41 Å². The van der Waals surface area contributed by atoms with Gasteiger partial charge in [-0.2, -0.15) is 11.8 Å². The first-order valence-corrected chi connectivity index (χ1v) is 5.61. The molecule has 0 aromatic rings. The predicted octanol–water partition coefficient (Wildman–Crippen LogP) is 2.50. The van der Waals surface area contributed by atoms with Crippen LogP contribution in [-0.4, -0.2) is 17.8 Å². The van der Waals surface area contributed by atoms with Crippen molar-refractivity contribution in [2.24, 2.45) is 5.41 Å². The van der Waals surface area contributed by atoms with E-state index in [9.17, 15) is 4.79 Å². The summed E-state index contributed by atoms with van der Waals surface area (Å²) < 4.78 is 0. The van der Waals surface area contributed by atoms with Gasteiger partial charge in [-0.15, -0.1) is 0 Å². The van der Waals surface area contributed by atoms with Crippen LogP contribution in [0.2, 0.25) is 0 Å². The summed E-state index contributed by atoms with van der Waals surface area (Å²) in [7, 11) is 0. The molecule has 1 aliphatic rings. The maximum absolute atomic E-state index is 11.5. The fraction of sp³-hybridized carbons (Fsp3) is 0.889. The number of carbonyl (C=O) groups is 1. The molecule has 1 rings (SSSR count). The van der Waals surface area contributed by atoms with Gasteiger partial charge in [0.1, 0.15) is 5.78 Å². The fourth-order valence-electron chi connectivity index (χ4n) is 1.74. The van der Waals surface area contributed by atoms with Crippen LogP contribution in [0.3, 0.4) is 0 Å². The molecule has 11 heavy (non-hydrogen) atoms. The zero-order valence-electron chi connectivity index (χ0n) is 7.35. The minimum Gasteiger partial charge on any atom is -0.298 e. The molecule has 0 N–H and O–H groups in total. The van der Waals surface area contributed by atoms with E-state index in [1.807, 2.05) is 6.26 Å². The van der Waals surface area contributed by atoms with Gasteiger partial charge in [0.15, 0.2) is 0 Å². The zero-order valence-corrected chi connectivity index (χ0v) is 8.17. The largest absolute Gasteiger partial charge is 0.298 e. The Hall–Kier alpha value is 0.0200. The summed E-state index contributed by atoms with van der Waals surface area (Å²) in [4.78, 5) is 11.5. The Bertz CT molecular complexity index is 148. The lowest BCUT2D eigenvalue weighted by atomic mass is 9.85. The fourth-order valence-corrected chi connectivity index (χ4v) is 2.35. The molecule has 1 saturated carbocycles. The van der Waals surface area contributed by atoms with Gasteiger partial charge in [0.25, 0.3) is 0 Å². The van der Waals surface area contributed by atoms with Crippen LogP contribution < -0.4 is 0 Å². The molecule has 0 aromatic carbocycles. The summed E-state index contributed by atoms with van der Waals surface area (Å²) >= 11 is 1.65. The van der Waals surface area contributed by atoms with Crippen LogP contribution in [0.1, 0.15) is 32.6 Å². The third-order valence-electron chi connectivity index (χ3n) is 2.66. The maximum Gasteiger partial charge on any atom is 0.148 e. The molecular weight excluding hydrogens is 156 g/mol. The van der Waals surface area contributed by atoms with Gasteiger partial charge in [-0.05, 0) is 19.1 Å². The Morgan fingerprint density at radius 2 is 2.00 bits per heavy atom. The normalized spacial score (nSPS) is 22.0. The lowest BCUT2D eigenvalue weighted by Gasteiger charge is -2.20. The zero-order chi connectivity index (χ0) is 8.32. The van der Waals surface area contributed by atoms with Crippen LogP contribution in [0.15, 0.2) is 0 Å². The van der Waals surface area contributed by atoms with E-state index in [1.165, 1.54) is 12.8 Å². The number of ketones is 1. The Balaban J connectivity index is 2.49. The van der Waals surface area contributed by atoms with E-state index in [0.29, 0.717) is 11.5 Å². The molecule has 1 nitrogen and oxygen atoms in total. The Kier molecular flexibility index (Phi) is 2.99. The van der Waals surface area contributed by atoms with Crippen molar-refractivity contribution in [3.8, 4) is 0 Å². The summed E-state index contributed by atoms with van der Waals surface area (Å²) in [5.41, 5.74) is 0.0447. The minimum absolute atomic E-state index is 0.0447. The lowest BCUT2D eigenvalue weighted by molar-refractivity contribution is -0.124. The van der Waals surface area contributed by atoms with Crippen molar-refractivity contribution in [2.45, 2.75) is 32.6 Å². The van der Waals surface area contributed by atoms with Crippen LogP contribution in [-0.2, 0) is 4.79 Å². The highest BCUT2D eigenvalue weighted by atomic mass is 32.2. The number of rotatable bonds is 3. The molecule has 0 spiro atoms. The lowest BCUT2D eigenvalue weighted by Crippen LogP contribution is -2.25. The van der Waals surface area contributed by atoms with Crippen LogP contribution in [0.25, 0.3) is 0 Å². The van der Waals surface area contributed by atoms with Crippen molar-refractivity contribution in [1.82, 2.24) is 0 Å². The smallest absolute Gasteiger partial charge is 0.148 e. The molecule has 1 fully saturated rings. The first-order valence-electron chi connectivity index (χ1n) is 4.21. The number of hydrogen-bond acceptors (Lipinski definition) is 2. The van der Waals surface area contributed by atoms with Gasteiger partial charge < -0.3 is 0 Å². The van der Waals surface area contributed by atoms with Gasteiger partial charge in [0.2, 0.25) is 0 Å². The van der Waals surface area contributed by atoms with Crippen LogP contribution >= 0.6 is 11.8 Å². The number of carbonyl (C=O) groups excluding carboxylic acids is 1. The highest BCUT2D eigenvalue weighted by Crippen LogP contribution is 2.38. The number of Topliss-reactive ketones (excluding diaryl/α,β-unsaturated/α-hetero) is 1. The van der Waals surface area contributed by atoms with E-state index in [1.54, 1.807) is 11.8 Å². The predicted molar refractivity (Wildman–Crippen MR) is 50.0 cm³/mol. The standard InChI is InChI=1S/C9H16OS/c1-9(5-3-4-6-9)8(10)7-11-2/h3-7H2,1-2H3. The van der Waals surface area contributed by atoms with E-state index < -0.39 is 0 Å². The average Bonchev–Trinajstić information content (AvgIpc) is 2.38. The van der Waals surface area contributed by atoms with Crippen molar-refractivity contribution in [2.75, 3.05) is 12.0 Å². The Labute approximate surface area is 72.9 Å². The van der Waals surface area contributed by atoms with Gasteiger partial charge >= 0.3 is 0 Å². The second-order valence-corrected chi connectivity index (χ2v) is 4.49. The van der Waals surface area contributed by atoms with Gasteiger partial charge in [-0.25, -0.2) is 0 Å². The second kappa shape index (κ2) is 3.61. The van der Waals surface area contributed by atoms with Crippen molar-refractivity contribution in [3.05, 3.63) is 0 Å². The molecule has 64 valence electrons. The van der Waals surface area contributed by atoms with E-state index in [0.717, 1.165) is 12.8 Å². The third kappa shape index (κ3) is 1.98. The van der Waals surface area contributed by atoms with Crippen LogP contribution in [0.4, 0.5) is 0 Å². The van der Waals surface area contributed by atoms with Crippen molar-refractivity contribution >= 4 is 17.5 Å². The summed E-state index contributed by atoms with van der Waals surface area (Å²) in [5.74, 6) is 1.17. The number of hydrogen-bond donors (Lipinski definition) is 0. The van der Waals surface area contributed by atoms with E-state index in [2.05, 4.69) is 6.92 Å². The highest BCUT2D eigenvalue weighted by Gasteiger charge is 2.34. The van der Waals surface area contributed by atoms with Gasteiger partial charge in [0, 0.05) is 5.41 Å². The van der Waals surface area contributed by atoms with Gasteiger partial charge in [-0.1, -0.05) is 19.8 Å². The van der Waals surface area contributed by atoms with Crippen molar-refractivity contribution in [1.29, 1.82) is 0 Å².